The molecule has 0 saturated carbocycles. The van der Waals surface area contributed by atoms with Crippen LogP contribution in [0.1, 0.15) is 11.1 Å². The molecule has 1 aliphatic rings. The van der Waals surface area contributed by atoms with Gasteiger partial charge in [0.15, 0.2) is 19.7 Å². The van der Waals surface area contributed by atoms with E-state index in [-0.39, 0.29) is 9.79 Å². The summed E-state index contributed by atoms with van der Waals surface area (Å²) in [6.45, 7) is 7.06. The molecule has 8 heteroatoms. The smallest absolute Gasteiger partial charge is 0.177 e. The second-order valence-corrected chi connectivity index (χ2v) is 11.4. The van der Waals surface area contributed by atoms with Crippen molar-refractivity contribution in [2.75, 3.05) is 48.5 Å². The zero-order chi connectivity index (χ0) is 20.7. The topological polar surface area (TPSA) is 74.8 Å². The Kier molecular flexibility index (Phi) is 5.46. The molecule has 2 aromatic rings. The van der Waals surface area contributed by atoms with Gasteiger partial charge >= 0.3 is 0 Å². The number of sulfone groups is 2. The molecule has 3 rings (SSSR count). The van der Waals surface area contributed by atoms with Gasteiger partial charge in [-0.15, -0.1) is 0 Å². The molecule has 0 radical (unpaired) electrons. The largest absolute Gasteiger partial charge is 0.368 e. The van der Waals surface area contributed by atoms with Crippen molar-refractivity contribution < 1.29 is 16.8 Å². The van der Waals surface area contributed by atoms with Crippen molar-refractivity contribution in [3.63, 3.8) is 0 Å². The molecule has 0 unspecified atom stereocenters. The summed E-state index contributed by atoms with van der Waals surface area (Å²) in [5.41, 5.74) is 4.27. The molecule has 1 aliphatic heterocycles. The van der Waals surface area contributed by atoms with E-state index in [0.717, 1.165) is 25.6 Å². The van der Waals surface area contributed by atoms with Crippen molar-refractivity contribution in [1.29, 1.82) is 0 Å². The van der Waals surface area contributed by atoms with Crippen LogP contribution in [0.4, 0.5) is 11.4 Å². The summed E-state index contributed by atoms with van der Waals surface area (Å²) in [4.78, 5) is 4.41. The van der Waals surface area contributed by atoms with Gasteiger partial charge in [-0.05, 0) is 49.2 Å². The molecule has 0 aliphatic carbocycles. The Morgan fingerprint density at radius 1 is 0.750 bits per heavy atom. The quantitative estimate of drug-likeness (QED) is 0.753. The maximum atomic E-state index is 12.3. The average molecular weight is 423 g/mol. The number of hydrogen-bond acceptors (Lipinski definition) is 6. The van der Waals surface area contributed by atoms with Crippen molar-refractivity contribution in [3.05, 3.63) is 47.5 Å². The van der Waals surface area contributed by atoms with Gasteiger partial charge in [0, 0.05) is 44.4 Å². The van der Waals surface area contributed by atoms with Crippen LogP contribution in [-0.2, 0) is 19.7 Å². The number of anilines is 2. The van der Waals surface area contributed by atoms with Crippen molar-refractivity contribution in [2.45, 2.75) is 23.6 Å². The van der Waals surface area contributed by atoms with Crippen LogP contribution in [0.2, 0.25) is 0 Å². The molecule has 152 valence electrons. The first-order chi connectivity index (χ1) is 13.0. The van der Waals surface area contributed by atoms with Gasteiger partial charge < -0.3 is 9.80 Å². The monoisotopic (exact) mass is 422 g/mol. The molecule has 1 fully saturated rings. The standard InChI is InChI=1S/C20H26N2O4S2/c1-15-6-5-7-18(16(15)2)21-10-12-22(13-11-21)19-9-8-17(27(3,23)24)14-20(19)28(4,25)26/h5-9,14H,10-13H2,1-4H3. The maximum absolute atomic E-state index is 12.3. The number of aryl methyl sites for hydroxylation is 1. The van der Waals surface area contributed by atoms with Crippen molar-refractivity contribution in [2.24, 2.45) is 0 Å². The molecule has 1 heterocycles. The van der Waals surface area contributed by atoms with E-state index in [1.807, 2.05) is 4.90 Å². The number of piperazine rings is 1. The number of rotatable bonds is 4. The minimum Gasteiger partial charge on any atom is -0.368 e. The third-order valence-corrected chi connectivity index (χ3v) is 7.53. The second kappa shape index (κ2) is 7.40. The third-order valence-electron chi connectivity index (χ3n) is 5.30. The maximum Gasteiger partial charge on any atom is 0.177 e. The van der Waals surface area contributed by atoms with Crippen molar-refractivity contribution >= 4 is 31.0 Å². The highest BCUT2D eigenvalue weighted by molar-refractivity contribution is 7.91. The van der Waals surface area contributed by atoms with Gasteiger partial charge in [0.1, 0.15) is 0 Å². The minimum absolute atomic E-state index is 0.0192. The summed E-state index contributed by atoms with van der Waals surface area (Å²) in [6, 6.07) is 10.6. The van der Waals surface area contributed by atoms with Gasteiger partial charge in [-0.3, -0.25) is 0 Å². The van der Waals surface area contributed by atoms with Crippen LogP contribution in [0.15, 0.2) is 46.2 Å². The van der Waals surface area contributed by atoms with Crippen LogP contribution >= 0.6 is 0 Å². The van der Waals surface area contributed by atoms with Gasteiger partial charge in [-0.25, -0.2) is 16.8 Å². The molecule has 1 saturated heterocycles. The normalized spacial score (nSPS) is 15.7. The fourth-order valence-corrected chi connectivity index (χ4v) is 5.19. The summed E-state index contributed by atoms with van der Waals surface area (Å²) in [5.74, 6) is 0. The predicted octanol–water partition coefficient (Wildman–Crippen LogP) is 2.44. The molecule has 28 heavy (non-hydrogen) atoms. The molecular formula is C20H26N2O4S2. The SMILES string of the molecule is Cc1cccc(N2CCN(c3ccc(S(C)(=O)=O)cc3S(C)(=O)=O)CC2)c1C. The van der Waals surface area contributed by atoms with Crippen LogP contribution in [-0.4, -0.2) is 55.5 Å². The Morgan fingerprint density at radius 2 is 1.32 bits per heavy atom. The molecule has 0 N–H and O–H groups in total. The molecule has 0 aromatic heterocycles. The number of hydrogen-bond donors (Lipinski definition) is 0. The van der Waals surface area contributed by atoms with Gasteiger partial charge in [0.2, 0.25) is 0 Å². The molecule has 6 nitrogen and oxygen atoms in total. The lowest BCUT2D eigenvalue weighted by atomic mass is 10.1. The minimum atomic E-state index is -3.56. The summed E-state index contributed by atoms with van der Waals surface area (Å²) in [5, 5.41) is 0. The lowest BCUT2D eigenvalue weighted by Gasteiger charge is -2.38. The van der Waals surface area contributed by atoms with Crippen LogP contribution in [0.3, 0.4) is 0 Å². The van der Waals surface area contributed by atoms with Gasteiger partial charge in [-0.1, -0.05) is 12.1 Å². The highest BCUT2D eigenvalue weighted by Gasteiger charge is 2.25. The van der Waals surface area contributed by atoms with Crippen molar-refractivity contribution in [3.8, 4) is 0 Å². The molecule has 2 aromatic carbocycles. The number of nitrogens with zero attached hydrogens (tertiary/aromatic N) is 2. The lowest BCUT2D eigenvalue weighted by Crippen LogP contribution is -2.47. The summed E-state index contributed by atoms with van der Waals surface area (Å²) >= 11 is 0. The zero-order valence-electron chi connectivity index (χ0n) is 16.6. The predicted molar refractivity (Wildman–Crippen MR) is 113 cm³/mol. The van der Waals surface area contributed by atoms with Crippen LogP contribution in [0.25, 0.3) is 0 Å². The van der Waals surface area contributed by atoms with E-state index in [4.69, 9.17) is 0 Å². The lowest BCUT2D eigenvalue weighted by molar-refractivity contribution is 0.598. The summed E-state index contributed by atoms with van der Waals surface area (Å²) in [6.07, 6.45) is 2.20. The Bertz CT molecular complexity index is 1100. The van der Waals surface area contributed by atoms with E-state index >= 15 is 0 Å². The van der Waals surface area contributed by atoms with E-state index in [2.05, 4.69) is 36.9 Å². The fraction of sp³-hybridized carbons (Fsp3) is 0.400. The first-order valence-corrected chi connectivity index (χ1v) is 12.9. The van der Waals surface area contributed by atoms with Gasteiger partial charge in [-0.2, -0.15) is 0 Å². The highest BCUT2D eigenvalue weighted by atomic mass is 32.2. The van der Waals surface area contributed by atoms with E-state index in [1.165, 1.54) is 28.9 Å². The third kappa shape index (κ3) is 4.17. The van der Waals surface area contributed by atoms with Crippen LogP contribution in [0, 0.1) is 13.8 Å². The average Bonchev–Trinajstić information content (AvgIpc) is 2.62. The Hall–Kier alpha value is -2.06. The Balaban J connectivity index is 1.89. The Labute approximate surface area is 167 Å². The van der Waals surface area contributed by atoms with Gasteiger partial charge in [0.05, 0.1) is 15.5 Å². The van der Waals surface area contributed by atoms with Crippen molar-refractivity contribution in [1.82, 2.24) is 0 Å². The molecule has 0 atom stereocenters. The van der Waals surface area contributed by atoms with Gasteiger partial charge in [0.25, 0.3) is 0 Å². The first-order valence-electron chi connectivity index (χ1n) is 9.09. The van der Waals surface area contributed by atoms with Crippen LogP contribution < -0.4 is 9.80 Å². The zero-order valence-corrected chi connectivity index (χ0v) is 18.3. The Morgan fingerprint density at radius 3 is 1.86 bits per heavy atom. The van der Waals surface area contributed by atoms with E-state index in [1.54, 1.807) is 6.07 Å². The first kappa shape index (κ1) is 20.7. The molecule has 0 bridgehead atoms. The summed E-state index contributed by atoms with van der Waals surface area (Å²) < 4.78 is 48.3. The van der Waals surface area contributed by atoms with E-state index < -0.39 is 19.7 Å². The second-order valence-electron chi connectivity index (χ2n) is 7.37. The van der Waals surface area contributed by atoms with E-state index in [9.17, 15) is 16.8 Å². The summed E-state index contributed by atoms with van der Waals surface area (Å²) in [7, 11) is -7.04. The molecule has 0 spiro atoms. The molecule has 0 amide bonds. The fourth-order valence-electron chi connectivity index (χ4n) is 3.55. The highest BCUT2D eigenvalue weighted by Crippen LogP contribution is 2.30. The molecular weight excluding hydrogens is 396 g/mol. The van der Waals surface area contributed by atoms with E-state index in [0.29, 0.717) is 18.8 Å². The van der Waals surface area contributed by atoms with Crippen LogP contribution in [0.5, 0.6) is 0 Å². The number of benzene rings is 2.